The van der Waals surface area contributed by atoms with Crippen LogP contribution < -0.4 is 4.74 Å². The van der Waals surface area contributed by atoms with E-state index in [0.717, 1.165) is 5.56 Å². The summed E-state index contributed by atoms with van der Waals surface area (Å²) in [6.07, 6.45) is 1.86. The summed E-state index contributed by atoms with van der Waals surface area (Å²) >= 11 is 0. The standard InChI is InChI=1S/C17H17NO4/c1-12-15(4-3-9-18-12)16(19)11-22-14-7-5-13(6-8-14)10-17(20)21-2/h3-9H,10-11H2,1-2H3. The second-order valence-corrected chi connectivity index (χ2v) is 4.75. The molecule has 2 rings (SSSR count). The zero-order valence-corrected chi connectivity index (χ0v) is 12.5. The smallest absolute Gasteiger partial charge is 0.309 e. The molecule has 0 atom stereocenters. The number of esters is 1. The van der Waals surface area contributed by atoms with Crippen LogP contribution in [-0.4, -0.2) is 30.5 Å². The lowest BCUT2D eigenvalue weighted by molar-refractivity contribution is -0.139. The number of rotatable bonds is 6. The Morgan fingerprint density at radius 3 is 2.50 bits per heavy atom. The van der Waals surface area contributed by atoms with E-state index in [0.29, 0.717) is 17.0 Å². The third-order valence-electron chi connectivity index (χ3n) is 3.18. The third-order valence-corrected chi connectivity index (χ3v) is 3.18. The van der Waals surface area contributed by atoms with Gasteiger partial charge < -0.3 is 9.47 Å². The number of carbonyl (C=O) groups is 2. The third kappa shape index (κ3) is 4.15. The Bertz CT molecular complexity index is 665. The number of ketones is 1. The van der Waals surface area contributed by atoms with Gasteiger partial charge in [0.2, 0.25) is 5.78 Å². The van der Waals surface area contributed by atoms with Crippen molar-refractivity contribution in [1.82, 2.24) is 4.98 Å². The number of aryl methyl sites for hydroxylation is 1. The second-order valence-electron chi connectivity index (χ2n) is 4.75. The lowest BCUT2D eigenvalue weighted by atomic mass is 10.1. The molecule has 22 heavy (non-hydrogen) atoms. The van der Waals surface area contributed by atoms with Crippen LogP contribution in [0.3, 0.4) is 0 Å². The number of carbonyl (C=O) groups excluding carboxylic acids is 2. The summed E-state index contributed by atoms with van der Waals surface area (Å²) in [5.74, 6) is 0.156. The first kappa shape index (κ1) is 15.7. The minimum atomic E-state index is -0.295. The van der Waals surface area contributed by atoms with Crippen molar-refractivity contribution >= 4 is 11.8 Å². The van der Waals surface area contributed by atoms with E-state index >= 15 is 0 Å². The number of hydrogen-bond donors (Lipinski definition) is 0. The first-order valence-electron chi connectivity index (χ1n) is 6.83. The molecule has 5 heteroatoms. The van der Waals surface area contributed by atoms with E-state index in [1.165, 1.54) is 7.11 Å². The van der Waals surface area contributed by atoms with Crippen molar-refractivity contribution in [3.63, 3.8) is 0 Å². The molecule has 0 spiro atoms. The molecule has 1 aromatic heterocycles. The van der Waals surface area contributed by atoms with E-state index in [-0.39, 0.29) is 24.8 Å². The molecule has 0 aliphatic rings. The van der Waals surface area contributed by atoms with Crippen molar-refractivity contribution in [3.8, 4) is 5.75 Å². The minimum Gasteiger partial charge on any atom is -0.485 e. The molecule has 0 aliphatic carbocycles. The second kappa shape index (κ2) is 7.36. The molecule has 5 nitrogen and oxygen atoms in total. The van der Waals surface area contributed by atoms with Crippen LogP contribution >= 0.6 is 0 Å². The van der Waals surface area contributed by atoms with Gasteiger partial charge in [0, 0.05) is 17.5 Å². The maximum absolute atomic E-state index is 12.1. The van der Waals surface area contributed by atoms with E-state index in [9.17, 15) is 9.59 Å². The van der Waals surface area contributed by atoms with Gasteiger partial charge in [0.25, 0.3) is 0 Å². The summed E-state index contributed by atoms with van der Waals surface area (Å²) < 4.78 is 10.1. The Labute approximate surface area is 128 Å². The molecule has 0 bridgehead atoms. The number of nitrogens with zero attached hydrogens (tertiary/aromatic N) is 1. The molecule has 0 saturated heterocycles. The van der Waals surface area contributed by atoms with E-state index < -0.39 is 0 Å². The van der Waals surface area contributed by atoms with Gasteiger partial charge in [-0.3, -0.25) is 14.6 Å². The van der Waals surface area contributed by atoms with Gasteiger partial charge in [0.05, 0.1) is 13.5 Å². The number of hydrogen-bond acceptors (Lipinski definition) is 5. The molecule has 0 N–H and O–H groups in total. The lowest BCUT2D eigenvalue weighted by Crippen LogP contribution is -2.13. The summed E-state index contributed by atoms with van der Waals surface area (Å²) in [6, 6.07) is 10.4. The number of ether oxygens (including phenoxy) is 2. The number of pyridine rings is 1. The Morgan fingerprint density at radius 1 is 1.14 bits per heavy atom. The number of benzene rings is 1. The van der Waals surface area contributed by atoms with Gasteiger partial charge in [0.15, 0.2) is 6.61 Å². The van der Waals surface area contributed by atoms with Crippen molar-refractivity contribution in [1.29, 1.82) is 0 Å². The van der Waals surface area contributed by atoms with Gasteiger partial charge in [-0.2, -0.15) is 0 Å². The highest BCUT2D eigenvalue weighted by atomic mass is 16.5. The van der Waals surface area contributed by atoms with Crippen LogP contribution in [0.1, 0.15) is 21.6 Å². The SMILES string of the molecule is COC(=O)Cc1ccc(OCC(=O)c2cccnc2C)cc1. The van der Waals surface area contributed by atoms with Crippen LogP contribution in [0.2, 0.25) is 0 Å². The Morgan fingerprint density at radius 2 is 1.86 bits per heavy atom. The van der Waals surface area contributed by atoms with Crippen molar-refractivity contribution in [3.05, 3.63) is 59.4 Å². The minimum absolute atomic E-state index is 0.0527. The van der Waals surface area contributed by atoms with Gasteiger partial charge in [-0.15, -0.1) is 0 Å². The fourth-order valence-corrected chi connectivity index (χ4v) is 1.95. The quantitative estimate of drug-likeness (QED) is 0.605. The Kier molecular flexibility index (Phi) is 5.25. The Hall–Kier alpha value is -2.69. The molecular formula is C17H17NO4. The van der Waals surface area contributed by atoms with E-state index in [1.807, 2.05) is 0 Å². The van der Waals surface area contributed by atoms with E-state index in [1.54, 1.807) is 49.5 Å². The van der Waals surface area contributed by atoms with Crippen LogP contribution in [-0.2, 0) is 16.0 Å². The molecule has 0 aliphatic heterocycles. The predicted octanol–water partition coefficient (Wildman–Crippen LogP) is 2.37. The maximum Gasteiger partial charge on any atom is 0.309 e. The molecular weight excluding hydrogens is 282 g/mol. The molecule has 114 valence electrons. The van der Waals surface area contributed by atoms with Gasteiger partial charge in [-0.1, -0.05) is 12.1 Å². The molecule has 0 amide bonds. The van der Waals surface area contributed by atoms with Gasteiger partial charge in [-0.25, -0.2) is 0 Å². The molecule has 0 saturated carbocycles. The summed E-state index contributed by atoms with van der Waals surface area (Å²) in [5, 5.41) is 0. The first-order valence-corrected chi connectivity index (χ1v) is 6.83. The van der Waals surface area contributed by atoms with E-state index in [2.05, 4.69) is 9.72 Å². The molecule has 2 aromatic rings. The van der Waals surface area contributed by atoms with Gasteiger partial charge >= 0.3 is 5.97 Å². The average Bonchev–Trinajstić information content (AvgIpc) is 2.54. The van der Waals surface area contributed by atoms with Gasteiger partial charge in [-0.05, 0) is 36.8 Å². The van der Waals surface area contributed by atoms with Crippen LogP contribution in [0.5, 0.6) is 5.75 Å². The first-order chi connectivity index (χ1) is 10.6. The topological polar surface area (TPSA) is 65.5 Å². The highest BCUT2D eigenvalue weighted by molar-refractivity contribution is 5.98. The summed E-state index contributed by atoms with van der Waals surface area (Å²) in [4.78, 5) is 27.3. The monoisotopic (exact) mass is 299 g/mol. The van der Waals surface area contributed by atoms with Crippen LogP contribution in [0.25, 0.3) is 0 Å². The van der Waals surface area contributed by atoms with Crippen LogP contribution in [0, 0.1) is 6.92 Å². The zero-order chi connectivity index (χ0) is 15.9. The molecule has 0 unspecified atom stereocenters. The predicted molar refractivity (Wildman–Crippen MR) is 81.0 cm³/mol. The van der Waals surface area contributed by atoms with Crippen LogP contribution in [0.15, 0.2) is 42.6 Å². The number of methoxy groups -OCH3 is 1. The largest absolute Gasteiger partial charge is 0.485 e. The van der Waals surface area contributed by atoms with Crippen molar-refractivity contribution in [2.45, 2.75) is 13.3 Å². The van der Waals surface area contributed by atoms with Crippen molar-refractivity contribution < 1.29 is 19.1 Å². The summed E-state index contributed by atoms with van der Waals surface area (Å²) in [6.45, 7) is 1.73. The fourth-order valence-electron chi connectivity index (χ4n) is 1.95. The fraction of sp³-hybridized carbons (Fsp3) is 0.235. The molecule has 0 radical (unpaired) electrons. The molecule has 0 fully saturated rings. The maximum atomic E-state index is 12.1. The van der Waals surface area contributed by atoms with Crippen molar-refractivity contribution in [2.24, 2.45) is 0 Å². The molecule has 1 heterocycles. The Balaban J connectivity index is 1.93. The average molecular weight is 299 g/mol. The van der Waals surface area contributed by atoms with Gasteiger partial charge in [0.1, 0.15) is 5.75 Å². The number of Topliss-reactive ketones (excluding diaryl/α,β-unsaturated/α-hetero) is 1. The molecule has 1 aromatic carbocycles. The highest BCUT2D eigenvalue weighted by Crippen LogP contribution is 2.14. The zero-order valence-electron chi connectivity index (χ0n) is 12.5. The summed E-state index contributed by atoms with van der Waals surface area (Å²) in [7, 11) is 1.35. The van der Waals surface area contributed by atoms with Crippen LogP contribution in [0.4, 0.5) is 0 Å². The van der Waals surface area contributed by atoms with E-state index in [4.69, 9.17) is 4.74 Å². The summed E-state index contributed by atoms with van der Waals surface area (Å²) in [5.41, 5.74) is 2.07. The van der Waals surface area contributed by atoms with Crippen molar-refractivity contribution in [2.75, 3.05) is 13.7 Å². The normalized spacial score (nSPS) is 10.1. The lowest BCUT2D eigenvalue weighted by Gasteiger charge is -2.07. The number of aromatic nitrogens is 1. The highest BCUT2D eigenvalue weighted by Gasteiger charge is 2.10.